The molecule has 0 fully saturated rings. The van der Waals surface area contributed by atoms with Gasteiger partial charge in [0.25, 0.3) is 0 Å². The van der Waals surface area contributed by atoms with E-state index in [1.54, 1.807) is 30.7 Å². The number of ether oxygens (including phenoxy) is 2. The first-order valence-electron chi connectivity index (χ1n) is 9.95. The SMILES string of the molecule is COc1cc(F)ccc1-c1cccnc1Oc1cnc(CCc2cccc(C)c2)nc1. The van der Waals surface area contributed by atoms with Gasteiger partial charge in [0.1, 0.15) is 17.4 Å². The number of rotatable bonds is 7. The van der Waals surface area contributed by atoms with E-state index in [1.807, 2.05) is 6.07 Å². The lowest BCUT2D eigenvalue weighted by molar-refractivity contribution is 0.412. The molecule has 0 atom stereocenters. The largest absolute Gasteiger partial charge is 0.496 e. The van der Waals surface area contributed by atoms with Gasteiger partial charge in [-0.15, -0.1) is 0 Å². The van der Waals surface area contributed by atoms with Crippen LogP contribution in [0.2, 0.25) is 0 Å². The summed E-state index contributed by atoms with van der Waals surface area (Å²) in [5.41, 5.74) is 3.87. The van der Waals surface area contributed by atoms with Crippen molar-refractivity contribution in [3.63, 3.8) is 0 Å². The quantitative estimate of drug-likeness (QED) is 0.395. The van der Waals surface area contributed by atoms with E-state index in [2.05, 4.69) is 46.1 Å². The molecule has 6 heteroatoms. The van der Waals surface area contributed by atoms with Crippen LogP contribution < -0.4 is 9.47 Å². The fourth-order valence-corrected chi connectivity index (χ4v) is 3.32. The second-order valence-electron chi connectivity index (χ2n) is 7.13. The zero-order valence-electron chi connectivity index (χ0n) is 17.4. The van der Waals surface area contributed by atoms with Gasteiger partial charge in [-0.1, -0.05) is 29.8 Å². The predicted molar refractivity (Wildman–Crippen MR) is 117 cm³/mol. The lowest BCUT2D eigenvalue weighted by atomic mass is 10.1. The summed E-state index contributed by atoms with van der Waals surface area (Å²) >= 11 is 0. The topological polar surface area (TPSA) is 57.1 Å². The van der Waals surface area contributed by atoms with Gasteiger partial charge in [0.15, 0.2) is 5.75 Å². The van der Waals surface area contributed by atoms with Crippen molar-refractivity contribution in [3.05, 3.63) is 96.0 Å². The Morgan fingerprint density at radius 2 is 1.71 bits per heavy atom. The highest BCUT2D eigenvalue weighted by Crippen LogP contribution is 2.37. The lowest BCUT2D eigenvalue weighted by Gasteiger charge is -2.13. The van der Waals surface area contributed by atoms with Crippen LogP contribution in [0.1, 0.15) is 17.0 Å². The maximum Gasteiger partial charge on any atom is 0.227 e. The van der Waals surface area contributed by atoms with Crippen LogP contribution >= 0.6 is 0 Å². The standard InChI is InChI=1S/C25H22FN3O2/c1-17-5-3-6-18(13-17)8-11-24-28-15-20(16-29-24)31-25-22(7-4-12-27-25)21-10-9-19(26)14-23(21)30-2/h3-7,9-10,12-16H,8,11H2,1-2H3. The molecular weight excluding hydrogens is 393 g/mol. The Balaban J connectivity index is 1.50. The van der Waals surface area contributed by atoms with Gasteiger partial charge in [0.2, 0.25) is 5.88 Å². The number of halogens is 1. The van der Waals surface area contributed by atoms with E-state index in [-0.39, 0.29) is 5.82 Å². The molecule has 0 saturated heterocycles. The minimum absolute atomic E-state index is 0.364. The van der Waals surface area contributed by atoms with Crippen LogP contribution in [0.25, 0.3) is 11.1 Å². The second-order valence-corrected chi connectivity index (χ2v) is 7.13. The summed E-state index contributed by atoms with van der Waals surface area (Å²) in [5, 5.41) is 0. The maximum absolute atomic E-state index is 13.6. The molecule has 2 aromatic carbocycles. The molecule has 0 aliphatic carbocycles. The van der Waals surface area contributed by atoms with Crippen LogP contribution in [0, 0.1) is 12.7 Å². The minimum Gasteiger partial charge on any atom is -0.496 e. The monoisotopic (exact) mass is 415 g/mol. The summed E-state index contributed by atoms with van der Waals surface area (Å²) < 4.78 is 24.8. The molecule has 0 amide bonds. The van der Waals surface area contributed by atoms with Gasteiger partial charge < -0.3 is 9.47 Å². The molecule has 4 aromatic rings. The van der Waals surface area contributed by atoms with Gasteiger partial charge in [0.05, 0.1) is 19.5 Å². The summed E-state index contributed by atoms with van der Waals surface area (Å²) in [4.78, 5) is 13.2. The van der Waals surface area contributed by atoms with Crippen molar-refractivity contribution in [2.45, 2.75) is 19.8 Å². The Morgan fingerprint density at radius 1 is 0.871 bits per heavy atom. The Morgan fingerprint density at radius 3 is 2.48 bits per heavy atom. The zero-order chi connectivity index (χ0) is 21.6. The van der Waals surface area contributed by atoms with Crippen molar-refractivity contribution in [2.75, 3.05) is 7.11 Å². The third-order valence-corrected chi connectivity index (χ3v) is 4.84. The van der Waals surface area contributed by atoms with Crippen LogP contribution in [-0.4, -0.2) is 22.1 Å². The Labute approximate surface area is 180 Å². The van der Waals surface area contributed by atoms with E-state index in [1.165, 1.54) is 30.4 Å². The first-order valence-corrected chi connectivity index (χ1v) is 9.95. The van der Waals surface area contributed by atoms with Gasteiger partial charge in [-0.05, 0) is 43.2 Å². The van der Waals surface area contributed by atoms with Crippen molar-refractivity contribution in [1.82, 2.24) is 15.0 Å². The van der Waals surface area contributed by atoms with Crippen molar-refractivity contribution in [1.29, 1.82) is 0 Å². The summed E-state index contributed by atoms with van der Waals surface area (Å²) in [6.45, 7) is 2.08. The van der Waals surface area contributed by atoms with Gasteiger partial charge in [0, 0.05) is 29.8 Å². The van der Waals surface area contributed by atoms with E-state index in [9.17, 15) is 4.39 Å². The fourth-order valence-electron chi connectivity index (χ4n) is 3.32. The maximum atomic E-state index is 13.6. The van der Waals surface area contributed by atoms with E-state index < -0.39 is 0 Å². The summed E-state index contributed by atoms with van der Waals surface area (Å²) in [7, 11) is 1.50. The average Bonchev–Trinajstić information content (AvgIpc) is 2.79. The molecule has 2 aromatic heterocycles. The van der Waals surface area contributed by atoms with Gasteiger partial charge in [-0.25, -0.2) is 19.3 Å². The first kappa shape index (κ1) is 20.5. The highest BCUT2D eigenvalue weighted by molar-refractivity contribution is 5.74. The van der Waals surface area contributed by atoms with Crippen LogP contribution in [0.15, 0.2) is 73.2 Å². The molecule has 0 saturated carbocycles. The van der Waals surface area contributed by atoms with E-state index in [0.29, 0.717) is 28.5 Å². The molecular formula is C25H22FN3O2. The normalized spacial score (nSPS) is 10.7. The Hall–Kier alpha value is -3.80. The Kier molecular flexibility index (Phi) is 6.17. The van der Waals surface area contributed by atoms with Gasteiger partial charge >= 0.3 is 0 Å². The molecule has 0 aliphatic rings. The third-order valence-electron chi connectivity index (χ3n) is 4.84. The molecule has 0 spiro atoms. The zero-order valence-corrected chi connectivity index (χ0v) is 17.4. The number of hydrogen-bond donors (Lipinski definition) is 0. The number of benzene rings is 2. The van der Waals surface area contributed by atoms with Crippen LogP contribution in [0.5, 0.6) is 17.4 Å². The average molecular weight is 415 g/mol. The molecule has 2 heterocycles. The summed E-state index contributed by atoms with van der Waals surface area (Å²) in [6, 6.07) is 16.4. The Bertz CT molecular complexity index is 1180. The lowest BCUT2D eigenvalue weighted by Crippen LogP contribution is -1.99. The minimum atomic E-state index is -0.374. The number of hydrogen-bond acceptors (Lipinski definition) is 5. The highest BCUT2D eigenvalue weighted by Gasteiger charge is 2.14. The highest BCUT2D eigenvalue weighted by atomic mass is 19.1. The van der Waals surface area contributed by atoms with Crippen LogP contribution in [0.3, 0.4) is 0 Å². The van der Waals surface area contributed by atoms with Crippen LogP contribution in [-0.2, 0) is 12.8 Å². The van der Waals surface area contributed by atoms with Crippen molar-refractivity contribution in [2.24, 2.45) is 0 Å². The van der Waals surface area contributed by atoms with E-state index >= 15 is 0 Å². The van der Waals surface area contributed by atoms with E-state index in [4.69, 9.17) is 9.47 Å². The molecule has 5 nitrogen and oxygen atoms in total. The molecule has 156 valence electrons. The second kappa shape index (κ2) is 9.34. The number of nitrogens with zero attached hydrogens (tertiary/aromatic N) is 3. The first-order chi connectivity index (χ1) is 15.1. The van der Waals surface area contributed by atoms with Gasteiger partial charge in [-0.2, -0.15) is 0 Å². The fraction of sp³-hybridized carbons (Fsp3) is 0.160. The summed E-state index contributed by atoms with van der Waals surface area (Å²) in [6.07, 6.45) is 6.52. The molecule has 0 aliphatic heterocycles. The van der Waals surface area contributed by atoms with Gasteiger partial charge in [-0.3, -0.25) is 0 Å². The molecule has 31 heavy (non-hydrogen) atoms. The van der Waals surface area contributed by atoms with Crippen molar-refractivity contribution < 1.29 is 13.9 Å². The predicted octanol–water partition coefficient (Wildman–Crippen LogP) is 5.57. The number of pyridine rings is 1. The van der Waals surface area contributed by atoms with Crippen molar-refractivity contribution >= 4 is 0 Å². The van der Waals surface area contributed by atoms with Crippen LogP contribution in [0.4, 0.5) is 4.39 Å². The molecule has 4 rings (SSSR count). The summed E-state index contributed by atoms with van der Waals surface area (Å²) in [5.74, 6) is 1.61. The molecule has 0 bridgehead atoms. The number of aryl methyl sites for hydroxylation is 3. The van der Waals surface area contributed by atoms with E-state index in [0.717, 1.165) is 18.7 Å². The molecule has 0 radical (unpaired) electrons. The third kappa shape index (κ3) is 5.04. The number of aromatic nitrogens is 3. The molecule has 0 N–H and O–H groups in total. The smallest absolute Gasteiger partial charge is 0.227 e. The van der Waals surface area contributed by atoms with Crippen molar-refractivity contribution in [3.8, 4) is 28.5 Å². The molecule has 0 unspecified atom stereocenters. The number of methoxy groups -OCH3 is 1.